The maximum atomic E-state index is 15.0. The number of halogens is 2. The Balaban J connectivity index is 0.00000420. The molecule has 0 spiro atoms. The molecule has 2 aliphatic rings. The third-order valence-electron chi connectivity index (χ3n) is 11.1. The topological polar surface area (TPSA) is 230 Å². The maximum absolute atomic E-state index is 15.0. The van der Waals surface area contributed by atoms with Crippen molar-refractivity contribution in [2.45, 2.75) is 64.2 Å². The van der Waals surface area contributed by atoms with Gasteiger partial charge in [0.15, 0.2) is 0 Å². The third-order valence-corrected chi connectivity index (χ3v) is 11.6. The molecule has 348 valence electrons. The van der Waals surface area contributed by atoms with E-state index < -0.39 is 67.9 Å². The number of anilines is 2. The van der Waals surface area contributed by atoms with Crippen LogP contribution in [-0.2, 0) is 45.0 Å². The molecule has 0 N–H and O–H groups in total. The minimum Gasteiger partial charge on any atom is -0.790 e. The zero-order valence-corrected chi connectivity index (χ0v) is 42.5. The first-order valence-electron chi connectivity index (χ1n) is 20.7. The second-order valence-electron chi connectivity index (χ2n) is 15.6. The Bertz CT molecular complexity index is 2510. The van der Waals surface area contributed by atoms with Crippen molar-refractivity contribution in [3.05, 3.63) is 113 Å². The summed E-state index contributed by atoms with van der Waals surface area (Å²) in [5, 5.41) is 8.45. The summed E-state index contributed by atoms with van der Waals surface area (Å²) < 4.78 is 74.6. The van der Waals surface area contributed by atoms with Crippen LogP contribution in [0.4, 0.5) is 25.0 Å². The standard InChI is InChI=1S/C42H49F2N8O12P.2Na/c1-4-38(28(2)62-41(55)64-29(3)63-39(53)23-61-65(56,57)58)52-40(54)51(27-47-52)34-8-6-32(7-9-34)48-15-17-49(18-16-48)33-10-12-35(13-11-33)59-21-30-20-42(60-22-30,24-50-26-45-25-46-50)36-14-5-31(43)19-37(36)44;;/h5-14,19,25-30,38H,4,15-18,20-24H2,1-3H3,(H2,56,57,58);;/q;2*+1/p-2/t28-,29?,30+,38-,42-;;/m0../s1. The van der Waals surface area contributed by atoms with Gasteiger partial charge in [0.25, 0.3) is 0 Å². The van der Waals surface area contributed by atoms with Gasteiger partial charge in [-0.25, -0.2) is 42.1 Å². The average Bonchev–Trinajstić information content (AvgIpc) is 4.04. The van der Waals surface area contributed by atoms with Crippen LogP contribution in [-0.4, -0.2) is 99.6 Å². The van der Waals surface area contributed by atoms with Crippen molar-refractivity contribution in [3.8, 4) is 11.4 Å². The second-order valence-corrected chi connectivity index (χ2v) is 16.7. The number of rotatable bonds is 18. The van der Waals surface area contributed by atoms with Crippen molar-refractivity contribution in [3.63, 3.8) is 0 Å². The van der Waals surface area contributed by atoms with E-state index in [4.69, 9.17) is 18.9 Å². The molecule has 3 aromatic carbocycles. The molecule has 7 rings (SSSR count). The van der Waals surface area contributed by atoms with E-state index in [1.807, 2.05) is 48.5 Å². The molecule has 5 aromatic rings. The summed E-state index contributed by atoms with van der Waals surface area (Å²) in [6, 6.07) is 18.2. The van der Waals surface area contributed by atoms with E-state index in [1.54, 1.807) is 11.6 Å². The fraction of sp³-hybridized carbons (Fsp3) is 0.429. The molecule has 5 atom stereocenters. The average molecular weight is 971 g/mol. The summed E-state index contributed by atoms with van der Waals surface area (Å²) in [4.78, 5) is 67.2. The van der Waals surface area contributed by atoms with Crippen molar-refractivity contribution in [2.75, 3.05) is 55.8 Å². The van der Waals surface area contributed by atoms with Crippen LogP contribution in [0.3, 0.4) is 0 Å². The molecular formula is C42H47F2N8Na2O12P. The SMILES string of the molecule is CC[C@@H]([C@H](C)OC(=O)OC(C)OC(=O)COP(=O)([O-])[O-])n1ncn(-c2ccc(N3CCN(c4ccc(OC[C@@H]5CO[C@@](Cn6cncn6)(c6ccc(F)cc6F)C5)cc4)CC3)cc2)c1=O.[Na+].[Na+]. The molecule has 25 heteroatoms. The number of aromatic nitrogens is 6. The van der Waals surface area contributed by atoms with Gasteiger partial charge in [0.05, 0.1) is 39.3 Å². The first kappa shape index (κ1) is 53.8. The fourth-order valence-corrected chi connectivity index (χ4v) is 8.26. The van der Waals surface area contributed by atoms with Gasteiger partial charge in [-0.2, -0.15) is 10.2 Å². The van der Waals surface area contributed by atoms with Crippen molar-refractivity contribution < 1.29 is 120 Å². The van der Waals surface area contributed by atoms with E-state index in [0.717, 1.165) is 43.6 Å². The number of esters is 1. The van der Waals surface area contributed by atoms with Crippen LogP contribution >= 0.6 is 7.82 Å². The molecule has 4 heterocycles. The van der Waals surface area contributed by atoms with E-state index in [1.165, 1.54) is 54.2 Å². The number of ether oxygens (including phenoxy) is 5. The molecular weight excluding hydrogens is 923 g/mol. The molecule has 67 heavy (non-hydrogen) atoms. The van der Waals surface area contributed by atoms with Crippen molar-refractivity contribution in [2.24, 2.45) is 5.92 Å². The zero-order valence-electron chi connectivity index (χ0n) is 37.6. The van der Waals surface area contributed by atoms with Crippen LogP contribution in [0.5, 0.6) is 5.75 Å². The summed E-state index contributed by atoms with van der Waals surface area (Å²) in [6.45, 7) is 7.21. The van der Waals surface area contributed by atoms with Crippen LogP contribution in [0.25, 0.3) is 5.69 Å². The Hall–Kier alpha value is -4.19. The molecule has 2 fully saturated rings. The number of piperazine rings is 1. The number of carbonyl (C=O) groups is 2. The Morgan fingerprint density at radius 3 is 2.13 bits per heavy atom. The molecule has 0 aliphatic carbocycles. The molecule has 2 aliphatic heterocycles. The summed E-state index contributed by atoms with van der Waals surface area (Å²) >= 11 is 0. The Labute approximate surface area is 428 Å². The van der Waals surface area contributed by atoms with Gasteiger partial charge in [0, 0.05) is 62.0 Å². The van der Waals surface area contributed by atoms with Crippen molar-refractivity contribution >= 4 is 31.3 Å². The minimum absolute atomic E-state index is 0. The fourth-order valence-electron chi connectivity index (χ4n) is 7.99. The monoisotopic (exact) mass is 970 g/mol. The maximum Gasteiger partial charge on any atom is 1.00 e. The second kappa shape index (κ2) is 23.9. The summed E-state index contributed by atoms with van der Waals surface area (Å²) in [7, 11) is -5.40. The molecule has 0 saturated carbocycles. The summed E-state index contributed by atoms with van der Waals surface area (Å²) in [5.41, 5.74) is 1.34. The van der Waals surface area contributed by atoms with E-state index in [0.29, 0.717) is 37.5 Å². The molecule has 0 amide bonds. The van der Waals surface area contributed by atoms with Gasteiger partial charge in [-0.15, -0.1) is 0 Å². The van der Waals surface area contributed by atoms with E-state index in [-0.39, 0.29) is 77.1 Å². The van der Waals surface area contributed by atoms with Gasteiger partial charge in [-0.1, -0.05) is 13.0 Å². The first-order chi connectivity index (χ1) is 31.1. The van der Waals surface area contributed by atoms with Crippen LogP contribution < -0.4 is 89.1 Å². The van der Waals surface area contributed by atoms with Crippen LogP contribution in [0, 0.1) is 17.6 Å². The van der Waals surface area contributed by atoms with Gasteiger partial charge < -0.3 is 52.4 Å². The van der Waals surface area contributed by atoms with E-state index >= 15 is 4.39 Å². The molecule has 2 aromatic heterocycles. The smallest absolute Gasteiger partial charge is 0.790 e. The minimum atomic E-state index is -5.40. The predicted molar refractivity (Wildman–Crippen MR) is 222 cm³/mol. The van der Waals surface area contributed by atoms with Crippen molar-refractivity contribution in [1.82, 2.24) is 29.1 Å². The normalized spacial score (nSPS) is 18.5. The Morgan fingerprint density at radius 1 is 0.896 bits per heavy atom. The summed E-state index contributed by atoms with van der Waals surface area (Å²) in [5.74, 6) is -1.97. The zero-order chi connectivity index (χ0) is 46.3. The Morgan fingerprint density at radius 2 is 1.54 bits per heavy atom. The van der Waals surface area contributed by atoms with E-state index in [2.05, 4.69) is 34.2 Å². The predicted octanol–water partition coefficient (Wildman–Crippen LogP) is -2.52. The van der Waals surface area contributed by atoms with Gasteiger partial charge in [0.2, 0.25) is 6.29 Å². The quantitative estimate of drug-likeness (QED) is 0.0382. The first-order valence-corrected chi connectivity index (χ1v) is 22.2. The molecule has 0 bridgehead atoms. The van der Waals surface area contributed by atoms with E-state index in [9.17, 15) is 33.1 Å². The van der Waals surface area contributed by atoms with Crippen LogP contribution in [0.15, 0.2) is 90.5 Å². The molecule has 1 unspecified atom stereocenters. The van der Waals surface area contributed by atoms with Gasteiger partial charge in [-0.3, -0.25) is 0 Å². The van der Waals surface area contributed by atoms with Crippen LogP contribution in [0.1, 0.15) is 45.2 Å². The number of nitrogens with zero attached hydrogens (tertiary/aromatic N) is 8. The summed E-state index contributed by atoms with van der Waals surface area (Å²) in [6.07, 6.45) is 1.44. The number of phosphoric ester groups is 1. The van der Waals surface area contributed by atoms with Gasteiger partial charge in [0.1, 0.15) is 54.7 Å². The number of hydrogen-bond acceptors (Lipinski definition) is 17. The third kappa shape index (κ3) is 14.0. The molecule has 20 nitrogen and oxygen atoms in total. The Kier molecular flexibility index (Phi) is 19.2. The van der Waals surface area contributed by atoms with Crippen LogP contribution in [0.2, 0.25) is 0 Å². The van der Waals surface area contributed by atoms with Crippen molar-refractivity contribution in [1.29, 1.82) is 0 Å². The number of benzene rings is 3. The largest absolute Gasteiger partial charge is 1.00 e. The van der Waals surface area contributed by atoms with Gasteiger partial charge >= 0.3 is 76.9 Å². The van der Waals surface area contributed by atoms with Gasteiger partial charge in [-0.05, 0) is 74.4 Å². The number of phosphoric acid groups is 1. The number of carbonyl (C=O) groups excluding carboxylic acids is 2. The molecule has 0 radical (unpaired) electrons. The molecule has 2 saturated heterocycles. The number of hydrogen-bond donors (Lipinski definition) is 0.